The van der Waals surface area contributed by atoms with Gasteiger partial charge in [-0.25, -0.2) is 4.98 Å². The average Bonchev–Trinajstić information content (AvgIpc) is 2.52. The van der Waals surface area contributed by atoms with Crippen molar-refractivity contribution < 1.29 is 9.67 Å². The monoisotopic (exact) mass is 282 g/mol. The van der Waals surface area contributed by atoms with Crippen molar-refractivity contribution in [3.8, 4) is 0 Å². The normalized spacial score (nSPS) is 11.2. The van der Waals surface area contributed by atoms with Crippen molar-refractivity contribution in [2.75, 3.05) is 25.1 Å². The third-order valence-electron chi connectivity index (χ3n) is 3.86. The highest BCUT2D eigenvalue weighted by Crippen LogP contribution is 2.20. The van der Waals surface area contributed by atoms with Crippen LogP contribution < -0.4 is 9.47 Å². The number of aliphatic hydroxyl groups is 1. The molecule has 0 bridgehead atoms. The van der Waals surface area contributed by atoms with Crippen LogP contribution in [0.3, 0.4) is 0 Å². The lowest BCUT2D eigenvalue weighted by atomic mass is 10.2. The Kier molecular flexibility index (Phi) is 3.71. The number of aliphatic hydroxyl groups excluding tert-OH is 1. The molecule has 108 valence electrons. The summed E-state index contributed by atoms with van der Waals surface area (Å²) in [5, 5.41) is 9.09. The first-order chi connectivity index (χ1) is 10.2. The van der Waals surface area contributed by atoms with Gasteiger partial charge >= 0.3 is 0 Å². The van der Waals surface area contributed by atoms with Crippen molar-refractivity contribution in [1.29, 1.82) is 0 Å². The minimum Gasteiger partial charge on any atom is -0.395 e. The highest BCUT2D eigenvalue weighted by molar-refractivity contribution is 5.83. The molecule has 0 unspecified atom stereocenters. The van der Waals surface area contributed by atoms with Gasteiger partial charge in [-0.2, -0.15) is 4.57 Å². The van der Waals surface area contributed by atoms with E-state index in [2.05, 4.69) is 40.7 Å². The molecule has 0 aliphatic rings. The van der Waals surface area contributed by atoms with Gasteiger partial charge in [-0.3, -0.25) is 0 Å². The number of para-hydroxylation sites is 2. The van der Waals surface area contributed by atoms with E-state index in [-0.39, 0.29) is 6.61 Å². The Bertz CT molecular complexity index is 785. The maximum atomic E-state index is 9.09. The summed E-state index contributed by atoms with van der Waals surface area (Å²) in [5.74, 6) is 0. The predicted molar refractivity (Wildman–Crippen MR) is 85.5 cm³/mol. The second kappa shape index (κ2) is 5.66. The van der Waals surface area contributed by atoms with Gasteiger partial charge in [0.1, 0.15) is 17.6 Å². The van der Waals surface area contributed by atoms with Crippen molar-refractivity contribution in [3.05, 3.63) is 42.5 Å². The highest BCUT2D eigenvalue weighted by Gasteiger charge is 2.15. The van der Waals surface area contributed by atoms with E-state index in [0.29, 0.717) is 6.54 Å². The van der Waals surface area contributed by atoms with Gasteiger partial charge in [-0.15, -0.1) is 0 Å². The zero-order valence-electron chi connectivity index (χ0n) is 12.5. The minimum atomic E-state index is 0.151. The van der Waals surface area contributed by atoms with Gasteiger partial charge < -0.3 is 10.0 Å². The van der Waals surface area contributed by atoms with Gasteiger partial charge in [0.05, 0.1) is 6.61 Å². The summed E-state index contributed by atoms with van der Waals surface area (Å²) >= 11 is 0. The number of aryl methyl sites for hydroxylation is 1. The SMILES string of the molecule is CC[n+]1c2ccccc2nc2ccc(N(C)CCO)cc21. The molecular formula is C17H20N3O+. The van der Waals surface area contributed by atoms with Crippen LogP contribution in [0.4, 0.5) is 5.69 Å². The quantitative estimate of drug-likeness (QED) is 0.588. The number of fused-ring (bicyclic) bond motifs is 2. The van der Waals surface area contributed by atoms with Crippen LogP contribution in [0.2, 0.25) is 0 Å². The number of nitrogens with zero attached hydrogens (tertiary/aromatic N) is 3. The molecule has 3 aromatic rings. The molecular weight excluding hydrogens is 262 g/mol. The van der Waals surface area contributed by atoms with Crippen molar-refractivity contribution >= 4 is 27.8 Å². The lowest BCUT2D eigenvalue weighted by Crippen LogP contribution is -2.35. The predicted octanol–water partition coefficient (Wildman–Crippen LogP) is 2.12. The summed E-state index contributed by atoms with van der Waals surface area (Å²) in [6.45, 7) is 3.82. The lowest BCUT2D eigenvalue weighted by molar-refractivity contribution is -0.641. The summed E-state index contributed by atoms with van der Waals surface area (Å²) in [6.07, 6.45) is 0. The van der Waals surface area contributed by atoms with Crippen LogP contribution in [-0.4, -0.2) is 30.3 Å². The van der Waals surface area contributed by atoms with Gasteiger partial charge in [-0.05, 0) is 25.1 Å². The van der Waals surface area contributed by atoms with E-state index in [1.54, 1.807) is 0 Å². The molecule has 0 atom stereocenters. The molecule has 4 nitrogen and oxygen atoms in total. The van der Waals surface area contributed by atoms with Gasteiger partial charge in [0.2, 0.25) is 11.0 Å². The second-order valence-corrected chi connectivity index (χ2v) is 5.16. The minimum absolute atomic E-state index is 0.151. The van der Waals surface area contributed by atoms with Crippen LogP contribution >= 0.6 is 0 Å². The smallest absolute Gasteiger partial charge is 0.233 e. The number of anilines is 1. The number of hydrogen-bond acceptors (Lipinski definition) is 3. The average molecular weight is 282 g/mol. The molecule has 0 spiro atoms. The molecule has 0 saturated carbocycles. The summed E-state index contributed by atoms with van der Waals surface area (Å²) < 4.78 is 2.29. The zero-order chi connectivity index (χ0) is 14.8. The fourth-order valence-corrected chi connectivity index (χ4v) is 2.73. The number of likely N-dealkylation sites (N-methyl/N-ethyl adjacent to an activating group) is 1. The molecule has 1 heterocycles. The summed E-state index contributed by atoms with van der Waals surface area (Å²) in [6, 6.07) is 14.5. The molecule has 0 amide bonds. The largest absolute Gasteiger partial charge is 0.395 e. The van der Waals surface area contributed by atoms with Crippen LogP contribution in [0.5, 0.6) is 0 Å². The van der Waals surface area contributed by atoms with E-state index < -0.39 is 0 Å². The van der Waals surface area contributed by atoms with Gasteiger partial charge in [-0.1, -0.05) is 12.1 Å². The Balaban J connectivity index is 2.26. The third kappa shape index (κ3) is 2.43. The summed E-state index contributed by atoms with van der Waals surface area (Å²) in [5.41, 5.74) is 5.38. The van der Waals surface area contributed by atoms with Crippen LogP contribution in [0.15, 0.2) is 42.5 Å². The lowest BCUT2D eigenvalue weighted by Gasteiger charge is -2.17. The molecule has 2 aromatic carbocycles. The van der Waals surface area contributed by atoms with Gasteiger partial charge in [0.15, 0.2) is 0 Å². The van der Waals surface area contributed by atoms with E-state index in [9.17, 15) is 0 Å². The third-order valence-corrected chi connectivity index (χ3v) is 3.86. The zero-order valence-corrected chi connectivity index (χ0v) is 12.5. The van der Waals surface area contributed by atoms with E-state index in [1.165, 1.54) is 0 Å². The van der Waals surface area contributed by atoms with E-state index >= 15 is 0 Å². The Hall–Kier alpha value is -2.20. The Morgan fingerprint density at radius 1 is 1.10 bits per heavy atom. The van der Waals surface area contributed by atoms with Crippen molar-refractivity contribution in [2.45, 2.75) is 13.5 Å². The first-order valence-electron chi connectivity index (χ1n) is 7.29. The number of hydrogen-bond donors (Lipinski definition) is 1. The van der Waals surface area contributed by atoms with E-state index in [4.69, 9.17) is 10.1 Å². The van der Waals surface area contributed by atoms with Crippen molar-refractivity contribution in [1.82, 2.24) is 4.98 Å². The van der Waals surface area contributed by atoms with Crippen LogP contribution in [0.25, 0.3) is 22.1 Å². The Morgan fingerprint density at radius 2 is 1.86 bits per heavy atom. The molecule has 3 rings (SSSR count). The van der Waals surface area contributed by atoms with Gasteiger partial charge in [0.25, 0.3) is 0 Å². The van der Waals surface area contributed by atoms with Crippen LogP contribution in [0.1, 0.15) is 6.92 Å². The van der Waals surface area contributed by atoms with Crippen LogP contribution in [0, 0.1) is 0 Å². The van der Waals surface area contributed by atoms with Crippen molar-refractivity contribution in [2.24, 2.45) is 0 Å². The van der Waals surface area contributed by atoms with Crippen LogP contribution in [-0.2, 0) is 6.54 Å². The number of rotatable bonds is 4. The topological polar surface area (TPSA) is 40.2 Å². The molecule has 1 aromatic heterocycles. The maximum absolute atomic E-state index is 9.09. The second-order valence-electron chi connectivity index (χ2n) is 5.16. The highest BCUT2D eigenvalue weighted by atomic mass is 16.3. The Morgan fingerprint density at radius 3 is 2.62 bits per heavy atom. The fraction of sp³-hybridized carbons (Fsp3) is 0.294. The molecule has 0 saturated heterocycles. The van der Waals surface area contributed by atoms with E-state index in [0.717, 1.165) is 34.3 Å². The van der Waals surface area contributed by atoms with E-state index in [1.807, 2.05) is 25.2 Å². The summed E-state index contributed by atoms with van der Waals surface area (Å²) in [4.78, 5) is 6.79. The fourth-order valence-electron chi connectivity index (χ4n) is 2.73. The van der Waals surface area contributed by atoms with Gasteiger partial charge in [0, 0.05) is 31.4 Å². The summed E-state index contributed by atoms with van der Waals surface area (Å²) in [7, 11) is 1.99. The molecule has 0 aliphatic heterocycles. The Labute approximate surface area is 124 Å². The maximum Gasteiger partial charge on any atom is 0.233 e. The molecule has 21 heavy (non-hydrogen) atoms. The first-order valence-corrected chi connectivity index (χ1v) is 7.29. The number of aromatic nitrogens is 2. The molecule has 0 fully saturated rings. The number of benzene rings is 2. The standard InChI is InChI=1S/C17H20N3O/c1-3-20-16-7-5-4-6-14(16)18-15-9-8-13(12-17(15)20)19(2)10-11-21/h4-9,12,21H,3,10-11H2,1-2H3/q+1. The van der Waals surface area contributed by atoms with Crippen molar-refractivity contribution in [3.63, 3.8) is 0 Å². The molecule has 0 aliphatic carbocycles. The first kappa shape index (κ1) is 13.8. The molecule has 4 heteroatoms. The molecule has 1 N–H and O–H groups in total. The molecule has 0 radical (unpaired) electrons.